The van der Waals surface area contributed by atoms with Gasteiger partial charge in [0, 0.05) is 57.5 Å². The average Bonchev–Trinajstić information content (AvgIpc) is 2.83. The minimum absolute atomic E-state index is 0.0854. The summed E-state index contributed by atoms with van der Waals surface area (Å²) in [7, 11) is 1.67. The maximum Gasteiger partial charge on any atom is 0.223 e. The van der Waals surface area contributed by atoms with E-state index in [0.29, 0.717) is 32.4 Å². The Labute approximate surface area is 154 Å². The Balaban J connectivity index is 1.57. The topological polar surface area (TPSA) is 75.6 Å². The van der Waals surface area contributed by atoms with Gasteiger partial charge in [0.15, 0.2) is 0 Å². The molecule has 7 heteroatoms. The number of likely N-dealkylation sites (tertiary alicyclic amines) is 2. The first-order valence-electron chi connectivity index (χ1n) is 9.46. The van der Waals surface area contributed by atoms with E-state index >= 15 is 0 Å². The van der Waals surface area contributed by atoms with Crippen LogP contribution in [0, 0.1) is 0 Å². The predicted molar refractivity (Wildman–Crippen MR) is 96.3 cm³/mol. The molecule has 26 heavy (non-hydrogen) atoms. The molecule has 2 fully saturated rings. The van der Waals surface area contributed by atoms with Gasteiger partial charge in [-0.05, 0) is 37.7 Å². The molecular formula is C19H28N4O3. The van der Waals surface area contributed by atoms with Crippen LogP contribution in [0.15, 0.2) is 18.7 Å². The van der Waals surface area contributed by atoms with Gasteiger partial charge < -0.3 is 14.5 Å². The number of amides is 2. The van der Waals surface area contributed by atoms with Gasteiger partial charge in [-0.2, -0.15) is 0 Å². The molecule has 0 aromatic carbocycles. The molecule has 1 aromatic rings. The second-order valence-corrected chi connectivity index (χ2v) is 7.24. The highest BCUT2D eigenvalue weighted by molar-refractivity contribution is 5.80. The van der Waals surface area contributed by atoms with Crippen molar-refractivity contribution in [2.24, 2.45) is 0 Å². The number of carbonyl (C=O) groups is 2. The van der Waals surface area contributed by atoms with Gasteiger partial charge in [-0.15, -0.1) is 0 Å². The lowest BCUT2D eigenvalue weighted by molar-refractivity contribution is -0.132. The maximum atomic E-state index is 12.6. The van der Waals surface area contributed by atoms with Gasteiger partial charge in [-0.1, -0.05) is 0 Å². The molecule has 0 radical (unpaired) electrons. The number of aromatic nitrogens is 2. The summed E-state index contributed by atoms with van der Waals surface area (Å²) in [6, 6.07) is 0. The SMILES string of the molecule is COCCN1C(=O)CCC12CCCN(C(=O)CCc1cncnc1)CC2. The van der Waals surface area contributed by atoms with Crippen molar-refractivity contribution in [3.8, 4) is 0 Å². The van der Waals surface area contributed by atoms with Crippen molar-refractivity contribution < 1.29 is 14.3 Å². The van der Waals surface area contributed by atoms with Crippen LogP contribution in [0.4, 0.5) is 0 Å². The molecule has 2 amide bonds. The van der Waals surface area contributed by atoms with Crippen LogP contribution in [0.1, 0.15) is 44.1 Å². The molecule has 3 rings (SSSR count). The van der Waals surface area contributed by atoms with Crippen molar-refractivity contribution >= 4 is 11.8 Å². The van der Waals surface area contributed by atoms with Crippen molar-refractivity contribution in [1.82, 2.24) is 19.8 Å². The monoisotopic (exact) mass is 360 g/mol. The third-order valence-electron chi connectivity index (χ3n) is 5.71. The number of nitrogens with zero attached hydrogens (tertiary/aromatic N) is 4. The molecule has 3 heterocycles. The van der Waals surface area contributed by atoms with Gasteiger partial charge in [0.05, 0.1) is 6.61 Å². The fourth-order valence-corrected chi connectivity index (χ4v) is 4.24. The van der Waals surface area contributed by atoms with Crippen LogP contribution >= 0.6 is 0 Å². The number of ether oxygens (including phenoxy) is 1. The number of rotatable bonds is 6. The zero-order valence-corrected chi connectivity index (χ0v) is 15.5. The highest BCUT2D eigenvalue weighted by Crippen LogP contribution is 2.39. The number of hydrogen-bond donors (Lipinski definition) is 0. The van der Waals surface area contributed by atoms with Gasteiger partial charge in [0.2, 0.25) is 11.8 Å². The van der Waals surface area contributed by atoms with E-state index in [0.717, 1.165) is 44.3 Å². The van der Waals surface area contributed by atoms with Gasteiger partial charge in [-0.25, -0.2) is 9.97 Å². The molecule has 0 bridgehead atoms. The molecule has 142 valence electrons. The van der Waals surface area contributed by atoms with Crippen LogP contribution in [0.5, 0.6) is 0 Å². The van der Waals surface area contributed by atoms with Gasteiger partial charge in [0.1, 0.15) is 6.33 Å². The first kappa shape index (κ1) is 18.8. The molecular weight excluding hydrogens is 332 g/mol. The Kier molecular flexibility index (Phi) is 6.19. The second-order valence-electron chi connectivity index (χ2n) is 7.24. The van der Waals surface area contributed by atoms with Crippen LogP contribution in [0.3, 0.4) is 0 Å². The Hall–Kier alpha value is -2.02. The van der Waals surface area contributed by atoms with Gasteiger partial charge in [0.25, 0.3) is 0 Å². The molecule has 1 unspecified atom stereocenters. The zero-order chi connectivity index (χ0) is 18.4. The summed E-state index contributed by atoms with van der Waals surface area (Å²) in [5, 5.41) is 0. The lowest BCUT2D eigenvalue weighted by Crippen LogP contribution is -2.48. The second kappa shape index (κ2) is 8.58. The summed E-state index contributed by atoms with van der Waals surface area (Å²) >= 11 is 0. The quantitative estimate of drug-likeness (QED) is 0.767. The number of hydrogen-bond acceptors (Lipinski definition) is 5. The number of carbonyl (C=O) groups excluding carboxylic acids is 2. The lowest BCUT2D eigenvalue weighted by Gasteiger charge is -2.38. The summed E-state index contributed by atoms with van der Waals surface area (Å²) in [4.78, 5) is 36.9. The van der Waals surface area contributed by atoms with Crippen molar-refractivity contribution in [2.75, 3.05) is 33.4 Å². The first-order valence-corrected chi connectivity index (χ1v) is 9.46. The van der Waals surface area contributed by atoms with E-state index in [9.17, 15) is 9.59 Å². The molecule has 0 aliphatic carbocycles. The smallest absolute Gasteiger partial charge is 0.223 e. The minimum Gasteiger partial charge on any atom is -0.383 e. The summed E-state index contributed by atoms with van der Waals surface area (Å²) < 4.78 is 5.18. The minimum atomic E-state index is -0.0854. The third-order valence-corrected chi connectivity index (χ3v) is 5.71. The van der Waals surface area contributed by atoms with Crippen LogP contribution in [0.2, 0.25) is 0 Å². The van der Waals surface area contributed by atoms with E-state index in [1.165, 1.54) is 6.33 Å². The van der Waals surface area contributed by atoms with Crippen LogP contribution in [0.25, 0.3) is 0 Å². The summed E-state index contributed by atoms with van der Waals surface area (Å²) in [5.74, 6) is 0.407. The van der Waals surface area contributed by atoms with E-state index in [1.54, 1.807) is 19.5 Å². The standard InChI is InChI=1S/C19H28N4O3/c1-26-12-11-23-18(25)5-7-19(23)6-2-9-22(10-8-19)17(24)4-3-16-13-20-15-21-14-16/h13-15H,2-12H2,1H3. The predicted octanol–water partition coefficient (Wildman–Crippen LogP) is 1.43. The molecule has 2 saturated heterocycles. The normalized spacial score (nSPS) is 23.5. The fourth-order valence-electron chi connectivity index (χ4n) is 4.24. The molecule has 1 spiro atoms. The van der Waals surface area contributed by atoms with Crippen LogP contribution in [-0.2, 0) is 20.7 Å². The Morgan fingerprint density at radius 1 is 1.23 bits per heavy atom. The Morgan fingerprint density at radius 3 is 2.81 bits per heavy atom. The van der Waals surface area contributed by atoms with Crippen molar-refractivity contribution in [2.45, 2.75) is 50.5 Å². The van der Waals surface area contributed by atoms with Crippen molar-refractivity contribution in [1.29, 1.82) is 0 Å². The Bertz CT molecular complexity index is 624. The highest BCUT2D eigenvalue weighted by Gasteiger charge is 2.45. The highest BCUT2D eigenvalue weighted by atomic mass is 16.5. The van der Waals surface area contributed by atoms with Gasteiger partial charge in [-0.3, -0.25) is 9.59 Å². The maximum absolute atomic E-state index is 12.6. The summed E-state index contributed by atoms with van der Waals surface area (Å²) in [5.41, 5.74) is 0.900. The van der Waals surface area contributed by atoms with Crippen molar-refractivity contribution in [3.05, 3.63) is 24.3 Å². The van der Waals surface area contributed by atoms with E-state index < -0.39 is 0 Å². The molecule has 0 saturated carbocycles. The fraction of sp³-hybridized carbons (Fsp3) is 0.684. The summed E-state index contributed by atoms with van der Waals surface area (Å²) in [6.45, 7) is 2.71. The lowest BCUT2D eigenvalue weighted by atomic mass is 9.88. The number of aryl methyl sites for hydroxylation is 1. The molecule has 7 nitrogen and oxygen atoms in total. The van der Waals surface area contributed by atoms with E-state index in [-0.39, 0.29) is 17.4 Å². The molecule has 1 aromatic heterocycles. The van der Waals surface area contributed by atoms with Crippen molar-refractivity contribution in [3.63, 3.8) is 0 Å². The molecule has 2 aliphatic heterocycles. The third kappa shape index (κ3) is 4.20. The van der Waals surface area contributed by atoms with Crippen LogP contribution in [-0.4, -0.2) is 70.5 Å². The largest absolute Gasteiger partial charge is 0.383 e. The molecule has 2 aliphatic rings. The van der Waals surface area contributed by atoms with E-state index in [1.807, 2.05) is 9.80 Å². The Morgan fingerprint density at radius 2 is 2.04 bits per heavy atom. The average molecular weight is 360 g/mol. The van der Waals surface area contributed by atoms with Gasteiger partial charge >= 0.3 is 0 Å². The van der Waals surface area contributed by atoms with E-state index in [4.69, 9.17) is 4.74 Å². The van der Waals surface area contributed by atoms with Crippen LogP contribution < -0.4 is 0 Å². The summed E-state index contributed by atoms with van der Waals surface area (Å²) in [6.07, 6.45) is 10.5. The van der Waals surface area contributed by atoms with E-state index in [2.05, 4.69) is 9.97 Å². The zero-order valence-electron chi connectivity index (χ0n) is 15.5. The molecule has 1 atom stereocenters. The first-order chi connectivity index (χ1) is 12.6. The molecule has 0 N–H and O–H groups in total. The number of methoxy groups -OCH3 is 1.